The van der Waals surface area contributed by atoms with Gasteiger partial charge in [-0.05, 0) is 0 Å². The van der Waals surface area contributed by atoms with E-state index in [-0.39, 0.29) is 0 Å². The van der Waals surface area contributed by atoms with E-state index in [0.29, 0.717) is 59.8 Å². The molecule has 0 amide bonds. The third-order valence-corrected chi connectivity index (χ3v) is 18.8. The minimum absolute atomic E-state index is 0.575. The van der Waals surface area contributed by atoms with Gasteiger partial charge in [0, 0.05) is 0 Å². The van der Waals surface area contributed by atoms with Crippen molar-refractivity contribution in [1.29, 1.82) is 0 Å². The van der Waals surface area contributed by atoms with Gasteiger partial charge in [0.2, 0.25) is 0 Å². The van der Waals surface area contributed by atoms with Gasteiger partial charge in [0.05, 0.1) is 0 Å². The van der Waals surface area contributed by atoms with Crippen molar-refractivity contribution in [3.05, 3.63) is 51.5 Å². The molecular weight excluding hydrogens is 572 g/mol. The van der Waals surface area contributed by atoms with Gasteiger partial charge in [-0.25, -0.2) is 0 Å². The van der Waals surface area contributed by atoms with Gasteiger partial charge in [-0.3, -0.25) is 0 Å². The van der Waals surface area contributed by atoms with Crippen LogP contribution in [0.3, 0.4) is 0 Å². The summed E-state index contributed by atoms with van der Waals surface area (Å²) in [5.41, 5.74) is 1.41. The molecule has 5 heteroatoms. The van der Waals surface area contributed by atoms with E-state index < -0.39 is 0 Å². The van der Waals surface area contributed by atoms with Crippen molar-refractivity contribution < 1.29 is 4.74 Å². The molecule has 0 aliphatic carbocycles. The first-order valence-corrected chi connectivity index (χ1v) is 16.1. The Hall–Kier alpha value is 0.318. The fraction of sp³-hybridized carbons (Fsp3) is 0.400. The van der Waals surface area contributed by atoms with Gasteiger partial charge in [0.1, 0.15) is 0 Å². The first kappa shape index (κ1) is 20.1. The second-order valence-electron chi connectivity index (χ2n) is 5.93. The SMILES string of the molecule is CCCCCCCCOc1ccc(C2=C[Se]C(=C3[Se]C=C[Se]3)[Se]2)cc1. The van der Waals surface area contributed by atoms with E-state index in [1.807, 2.05) is 6.74 Å². The number of rotatable bonds is 9. The van der Waals surface area contributed by atoms with Gasteiger partial charge in [-0.2, -0.15) is 0 Å². The first-order valence-electron chi connectivity index (χ1n) is 8.87. The van der Waals surface area contributed by atoms with Crippen molar-refractivity contribution in [3.8, 4) is 5.75 Å². The quantitative estimate of drug-likeness (QED) is 0.308. The van der Waals surface area contributed by atoms with Crippen molar-refractivity contribution in [1.82, 2.24) is 0 Å². The summed E-state index contributed by atoms with van der Waals surface area (Å²) in [5.74, 6) is 1.03. The van der Waals surface area contributed by atoms with E-state index >= 15 is 0 Å². The molecule has 2 aliphatic heterocycles. The molecule has 134 valence electrons. The molecule has 0 atom stereocenters. The molecule has 0 N–H and O–H groups in total. The molecular formula is C20H24OSe4. The van der Waals surface area contributed by atoms with E-state index in [9.17, 15) is 0 Å². The molecule has 1 aromatic rings. The van der Waals surface area contributed by atoms with Gasteiger partial charge in [0.15, 0.2) is 0 Å². The van der Waals surface area contributed by atoms with Crippen LogP contribution in [0.1, 0.15) is 51.0 Å². The fourth-order valence-corrected chi connectivity index (χ4v) is 16.3. The molecule has 2 heterocycles. The average molecular weight is 596 g/mol. The monoisotopic (exact) mass is 600 g/mol. The van der Waals surface area contributed by atoms with E-state index in [4.69, 9.17) is 4.74 Å². The zero-order valence-corrected chi connectivity index (χ0v) is 21.4. The Morgan fingerprint density at radius 3 is 2.28 bits per heavy atom. The second-order valence-corrected chi connectivity index (χ2v) is 16.4. The zero-order chi connectivity index (χ0) is 17.3. The summed E-state index contributed by atoms with van der Waals surface area (Å²) in [4.78, 5) is 7.34. The van der Waals surface area contributed by atoms with Crippen molar-refractivity contribution in [3.63, 3.8) is 0 Å². The summed E-state index contributed by atoms with van der Waals surface area (Å²) in [6.45, 7) is 3.12. The average Bonchev–Trinajstić information content (AvgIpc) is 3.33. The van der Waals surface area contributed by atoms with Crippen LogP contribution in [-0.4, -0.2) is 66.4 Å². The predicted molar refractivity (Wildman–Crippen MR) is 112 cm³/mol. The third kappa shape index (κ3) is 6.46. The molecule has 3 rings (SSSR count). The van der Waals surface area contributed by atoms with Gasteiger partial charge in [0.25, 0.3) is 0 Å². The van der Waals surface area contributed by atoms with Crippen LogP contribution in [0.15, 0.2) is 45.9 Å². The summed E-state index contributed by atoms with van der Waals surface area (Å²) in [6, 6.07) is 8.84. The maximum atomic E-state index is 5.91. The van der Waals surface area contributed by atoms with Crippen molar-refractivity contribution in [2.24, 2.45) is 0 Å². The molecule has 0 saturated heterocycles. The third-order valence-electron chi connectivity index (χ3n) is 3.95. The summed E-state index contributed by atoms with van der Waals surface area (Å²) in [7, 11) is 0. The molecule has 0 fully saturated rings. The van der Waals surface area contributed by atoms with Crippen LogP contribution in [0.2, 0.25) is 0 Å². The number of hydrogen-bond donors (Lipinski definition) is 0. The summed E-state index contributed by atoms with van der Waals surface area (Å²) in [6.07, 6.45) is 7.89. The normalized spacial score (nSPS) is 16.6. The Labute approximate surface area is 177 Å². The van der Waals surface area contributed by atoms with Crippen LogP contribution in [0, 0.1) is 0 Å². The molecule has 0 saturated carbocycles. The Kier molecular flexibility index (Phi) is 9.01. The second kappa shape index (κ2) is 11.2. The topological polar surface area (TPSA) is 9.23 Å². The predicted octanol–water partition coefficient (Wildman–Crippen LogP) is 4.17. The first-order chi connectivity index (χ1) is 12.4. The van der Waals surface area contributed by atoms with Crippen LogP contribution in [0.25, 0.3) is 4.47 Å². The Morgan fingerprint density at radius 1 is 0.800 bits per heavy atom. The van der Waals surface area contributed by atoms with Gasteiger partial charge < -0.3 is 0 Å². The fourth-order valence-electron chi connectivity index (χ4n) is 2.56. The van der Waals surface area contributed by atoms with E-state index in [2.05, 4.69) is 46.1 Å². The molecule has 0 bridgehead atoms. The van der Waals surface area contributed by atoms with Crippen LogP contribution in [-0.2, 0) is 0 Å². The van der Waals surface area contributed by atoms with E-state index in [0.717, 1.165) is 12.4 Å². The van der Waals surface area contributed by atoms with E-state index in [1.165, 1.54) is 44.1 Å². The number of unbranched alkanes of at least 4 members (excludes halogenated alkanes) is 5. The maximum absolute atomic E-state index is 5.91. The van der Waals surface area contributed by atoms with Gasteiger partial charge >= 0.3 is 165 Å². The number of benzene rings is 1. The molecule has 0 unspecified atom stereocenters. The van der Waals surface area contributed by atoms with E-state index in [1.54, 1.807) is 4.47 Å². The molecule has 0 radical (unpaired) electrons. The van der Waals surface area contributed by atoms with Crippen LogP contribution in [0.4, 0.5) is 0 Å². The van der Waals surface area contributed by atoms with Crippen molar-refractivity contribution in [2.75, 3.05) is 6.61 Å². The van der Waals surface area contributed by atoms with Crippen LogP contribution in [0.5, 0.6) is 5.75 Å². The number of hydrogen-bond acceptors (Lipinski definition) is 1. The van der Waals surface area contributed by atoms with Gasteiger partial charge in [-0.1, -0.05) is 13.3 Å². The van der Waals surface area contributed by atoms with Gasteiger partial charge in [-0.15, -0.1) is 0 Å². The Bertz CT molecular complexity index is 636. The van der Waals surface area contributed by atoms with Crippen LogP contribution < -0.4 is 4.74 Å². The minimum atomic E-state index is 0.575. The molecule has 25 heavy (non-hydrogen) atoms. The molecule has 0 aromatic heterocycles. The standard InChI is InChI=1S/C20H24OSe4/c1-2-3-4-5-6-7-12-21-17-10-8-16(9-11-17)18-15-24-20(25-18)19-22-13-14-23-19/h8-11,13-15H,2-7,12H2,1H3. The summed E-state index contributed by atoms with van der Waals surface area (Å²) in [5, 5.41) is 0. The summed E-state index contributed by atoms with van der Waals surface area (Å²) >= 11 is 2.55. The molecule has 0 spiro atoms. The zero-order valence-electron chi connectivity index (χ0n) is 14.5. The summed E-state index contributed by atoms with van der Waals surface area (Å²) < 4.78 is 11.1. The molecule has 1 aromatic carbocycles. The van der Waals surface area contributed by atoms with Crippen LogP contribution >= 0.6 is 0 Å². The van der Waals surface area contributed by atoms with Crippen molar-refractivity contribution >= 4 is 64.3 Å². The van der Waals surface area contributed by atoms with Crippen molar-refractivity contribution in [2.45, 2.75) is 45.4 Å². The Balaban J connectivity index is 1.41. The molecule has 2 aliphatic rings. The Morgan fingerprint density at radius 2 is 1.52 bits per heavy atom. The molecule has 1 nitrogen and oxygen atoms in total. The number of ether oxygens (including phenoxy) is 1.